The predicted octanol–water partition coefficient (Wildman–Crippen LogP) is 1.57. The monoisotopic (exact) mass is 288 g/mol. The van der Waals surface area contributed by atoms with Crippen LogP contribution in [0.5, 0.6) is 0 Å². The number of halogens is 2. The molecule has 1 unspecified atom stereocenters. The predicted molar refractivity (Wildman–Crippen MR) is 69.5 cm³/mol. The van der Waals surface area contributed by atoms with Crippen molar-refractivity contribution >= 4 is 29.2 Å². The van der Waals surface area contributed by atoms with Crippen molar-refractivity contribution in [1.82, 2.24) is 5.32 Å². The highest BCUT2D eigenvalue weighted by Gasteiger charge is 2.19. The number of anilines is 1. The molecule has 0 fully saturated rings. The summed E-state index contributed by atoms with van der Waals surface area (Å²) >= 11 is 5.63. The molecule has 0 bridgehead atoms. The lowest BCUT2D eigenvalue weighted by Crippen LogP contribution is -2.45. The number of carbonyl (C=O) groups is 2. The molecule has 1 aromatic carbocycles. The summed E-state index contributed by atoms with van der Waals surface area (Å²) in [5.74, 6) is -1.45. The van der Waals surface area contributed by atoms with Crippen LogP contribution in [0, 0.1) is 5.82 Å². The van der Waals surface area contributed by atoms with Gasteiger partial charge in [-0.3, -0.25) is 4.79 Å². The lowest BCUT2D eigenvalue weighted by Gasteiger charge is -2.16. The number of hydrogen-bond acceptors (Lipinski definition) is 4. The molecule has 104 valence electrons. The molecule has 0 aliphatic rings. The van der Waals surface area contributed by atoms with Crippen LogP contribution in [-0.4, -0.2) is 31.6 Å². The number of esters is 1. The largest absolute Gasteiger partial charge is 0.467 e. The highest BCUT2D eigenvalue weighted by atomic mass is 35.5. The van der Waals surface area contributed by atoms with Crippen LogP contribution in [0.1, 0.15) is 6.92 Å². The number of hydrogen-bond donors (Lipinski definition) is 2. The van der Waals surface area contributed by atoms with Gasteiger partial charge in [0.2, 0.25) is 5.91 Å². The Labute approximate surface area is 115 Å². The topological polar surface area (TPSA) is 67.4 Å². The van der Waals surface area contributed by atoms with Crippen molar-refractivity contribution in [3.63, 3.8) is 0 Å². The van der Waals surface area contributed by atoms with Crippen molar-refractivity contribution in [3.05, 3.63) is 29.0 Å². The van der Waals surface area contributed by atoms with Gasteiger partial charge in [-0.25, -0.2) is 9.18 Å². The summed E-state index contributed by atoms with van der Waals surface area (Å²) < 4.78 is 17.5. The van der Waals surface area contributed by atoms with Gasteiger partial charge in [-0.05, 0) is 18.2 Å². The van der Waals surface area contributed by atoms with Gasteiger partial charge < -0.3 is 15.4 Å². The molecule has 5 nitrogen and oxygen atoms in total. The Morgan fingerprint density at radius 2 is 2.16 bits per heavy atom. The highest BCUT2D eigenvalue weighted by molar-refractivity contribution is 6.31. The highest BCUT2D eigenvalue weighted by Crippen LogP contribution is 2.19. The van der Waals surface area contributed by atoms with E-state index in [1.807, 2.05) is 0 Å². The zero-order valence-corrected chi connectivity index (χ0v) is 11.3. The number of carbonyl (C=O) groups excluding carboxylic acids is 2. The minimum absolute atomic E-state index is 0.0286. The maximum atomic E-state index is 13.0. The van der Waals surface area contributed by atoms with Crippen molar-refractivity contribution < 1.29 is 18.7 Å². The molecule has 0 radical (unpaired) electrons. The van der Waals surface area contributed by atoms with E-state index >= 15 is 0 Å². The van der Waals surface area contributed by atoms with E-state index in [9.17, 15) is 14.0 Å². The van der Waals surface area contributed by atoms with Crippen LogP contribution in [-0.2, 0) is 14.3 Å². The zero-order chi connectivity index (χ0) is 14.4. The quantitative estimate of drug-likeness (QED) is 0.807. The summed E-state index contributed by atoms with van der Waals surface area (Å²) in [5.41, 5.74) is 0.533. The van der Waals surface area contributed by atoms with Crippen molar-refractivity contribution in [2.24, 2.45) is 0 Å². The van der Waals surface area contributed by atoms with E-state index in [0.29, 0.717) is 5.69 Å². The van der Waals surface area contributed by atoms with Gasteiger partial charge in [-0.15, -0.1) is 0 Å². The maximum Gasteiger partial charge on any atom is 0.330 e. The first-order chi connectivity index (χ1) is 8.93. The molecule has 1 atom stereocenters. The van der Waals surface area contributed by atoms with Gasteiger partial charge in [-0.2, -0.15) is 0 Å². The van der Waals surface area contributed by atoms with E-state index in [4.69, 9.17) is 11.6 Å². The van der Waals surface area contributed by atoms with Crippen molar-refractivity contribution in [1.29, 1.82) is 0 Å². The number of amides is 1. The minimum atomic E-state index is -0.827. The normalized spacial score (nSPS) is 11.6. The third-order valence-electron chi connectivity index (χ3n) is 2.29. The fourth-order valence-corrected chi connectivity index (χ4v) is 1.59. The Hall–Kier alpha value is -1.82. The van der Waals surface area contributed by atoms with Crippen LogP contribution in [0.2, 0.25) is 5.02 Å². The molecule has 0 heterocycles. The average Bonchev–Trinajstić information content (AvgIpc) is 2.37. The summed E-state index contributed by atoms with van der Waals surface area (Å²) in [6.07, 6.45) is 0. The SMILES string of the molecule is COC(=O)C(CNc1ccc(F)c(Cl)c1)NC(C)=O. The Bertz CT molecular complexity index is 482. The van der Waals surface area contributed by atoms with Crippen molar-refractivity contribution in [2.75, 3.05) is 19.0 Å². The third kappa shape index (κ3) is 4.75. The summed E-state index contributed by atoms with van der Waals surface area (Å²) in [6.45, 7) is 1.40. The molecule has 0 aromatic heterocycles. The smallest absolute Gasteiger partial charge is 0.330 e. The molecule has 0 spiro atoms. The van der Waals surface area contributed by atoms with Crippen LogP contribution >= 0.6 is 11.6 Å². The van der Waals surface area contributed by atoms with Gasteiger partial charge in [-0.1, -0.05) is 11.6 Å². The maximum absolute atomic E-state index is 13.0. The van der Waals surface area contributed by atoms with Crippen LogP contribution in [0.4, 0.5) is 10.1 Å². The first-order valence-corrected chi connectivity index (χ1v) is 5.85. The van der Waals surface area contributed by atoms with Crippen molar-refractivity contribution in [2.45, 2.75) is 13.0 Å². The molecule has 1 rings (SSSR count). The second-order valence-electron chi connectivity index (χ2n) is 3.79. The van der Waals surface area contributed by atoms with E-state index in [1.54, 1.807) is 0 Å². The molecule has 2 N–H and O–H groups in total. The number of methoxy groups -OCH3 is 1. The lowest BCUT2D eigenvalue weighted by atomic mass is 10.2. The standard InChI is InChI=1S/C12H14ClFN2O3/c1-7(17)16-11(12(18)19-2)6-15-8-3-4-10(14)9(13)5-8/h3-5,11,15H,6H2,1-2H3,(H,16,17). The van der Waals surface area contributed by atoms with Gasteiger partial charge in [0, 0.05) is 19.2 Å². The molecule has 19 heavy (non-hydrogen) atoms. The second-order valence-corrected chi connectivity index (χ2v) is 4.19. The molecule has 7 heteroatoms. The Kier molecular flexibility index (Phi) is 5.57. The molecule has 1 amide bonds. The Morgan fingerprint density at radius 1 is 1.47 bits per heavy atom. The molecular weight excluding hydrogens is 275 g/mol. The van der Waals surface area contributed by atoms with E-state index in [0.717, 1.165) is 0 Å². The summed E-state index contributed by atoms with van der Waals surface area (Å²) in [4.78, 5) is 22.4. The van der Waals surface area contributed by atoms with E-state index in [2.05, 4.69) is 15.4 Å². The van der Waals surface area contributed by atoms with Gasteiger partial charge in [0.05, 0.1) is 12.1 Å². The summed E-state index contributed by atoms with van der Waals surface area (Å²) in [7, 11) is 1.23. The first-order valence-electron chi connectivity index (χ1n) is 5.48. The number of nitrogens with one attached hydrogen (secondary N) is 2. The molecule has 0 aliphatic heterocycles. The van der Waals surface area contributed by atoms with Gasteiger partial charge in [0.25, 0.3) is 0 Å². The minimum Gasteiger partial charge on any atom is -0.467 e. The Balaban J connectivity index is 2.67. The molecule has 1 aromatic rings. The zero-order valence-electron chi connectivity index (χ0n) is 10.5. The lowest BCUT2D eigenvalue weighted by molar-refractivity contribution is -0.144. The molecule has 0 aliphatic carbocycles. The van der Waals surface area contributed by atoms with Crippen molar-refractivity contribution in [3.8, 4) is 0 Å². The van der Waals surface area contributed by atoms with E-state index in [1.165, 1.54) is 32.2 Å². The Morgan fingerprint density at radius 3 is 2.68 bits per heavy atom. The first kappa shape index (κ1) is 15.2. The number of benzene rings is 1. The van der Waals surface area contributed by atoms with E-state index < -0.39 is 17.8 Å². The fraction of sp³-hybridized carbons (Fsp3) is 0.333. The van der Waals surface area contributed by atoms with Crippen LogP contribution in [0.25, 0.3) is 0 Å². The average molecular weight is 289 g/mol. The van der Waals surface area contributed by atoms with Crippen LogP contribution < -0.4 is 10.6 Å². The summed E-state index contributed by atoms with van der Waals surface area (Å²) in [5, 5.41) is 5.28. The van der Waals surface area contributed by atoms with Crippen LogP contribution in [0.15, 0.2) is 18.2 Å². The third-order valence-corrected chi connectivity index (χ3v) is 2.58. The van der Waals surface area contributed by atoms with Gasteiger partial charge in [0.1, 0.15) is 11.9 Å². The van der Waals surface area contributed by atoms with Gasteiger partial charge >= 0.3 is 5.97 Å². The summed E-state index contributed by atoms with van der Waals surface area (Å²) in [6, 6.07) is 3.24. The fourth-order valence-electron chi connectivity index (χ4n) is 1.41. The van der Waals surface area contributed by atoms with E-state index in [-0.39, 0.29) is 17.5 Å². The van der Waals surface area contributed by atoms with Crippen LogP contribution in [0.3, 0.4) is 0 Å². The number of rotatable bonds is 5. The van der Waals surface area contributed by atoms with Gasteiger partial charge in [0.15, 0.2) is 0 Å². The number of ether oxygens (including phenoxy) is 1. The molecule has 0 saturated heterocycles. The second kappa shape index (κ2) is 6.94. The molecular formula is C12H14ClFN2O3. The molecule has 0 saturated carbocycles.